The third-order valence-electron chi connectivity index (χ3n) is 4.57. The first-order valence-electron chi connectivity index (χ1n) is 7.92. The molecular weight excluding hydrogens is 310 g/mol. The summed E-state index contributed by atoms with van der Waals surface area (Å²) in [7, 11) is 0.813. The zero-order valence-corrected chi connectivity index (χ0v) is 14.7. The molecule has 21 heavy (non-hydrogen) atoms. The van der Waals surface area contributed by atoms with Gasteiger partial charge in [0, 0.05) is 38.1 Å². The van der Waals surface area contributed by atoms with E-state index in [1.165, 1.54) is 0 Å². The average Bonchev–Trinajstić information content (AvgIpc) is 2.47. The summed E-state index contributed by atoms with van der Waals surface area (Å²) in [4.78, 5) is 2.18. The molecule has 0 bridgehead atoms. The molecule has 7 heteroatoms. The Morgan fingerprint density at radius 3 is 2.33 bits per heavy atom. The highest BCUT2D eigenvalue weighted by Gasteiger charge is 2.37. The smallest absolute Gasteiger partial charge is 0.282 e. The van der Waals surface area contributed by atoms with Crippen LogP contribution >= 0.6 is 11.6 Å². The van der Waals surface area contributed by atoms with E-state index in [0.29, 0.717) is 31.4 Å². The Hall–Kier alpha value is 0.120. The van der Waals surface area contributed by atoms with Crippen molar-refractivity contribution in [3.63, 3.8) is 0 Å². The number of nitrogens with zero attached hydrogens (tertiary/aromatic N) is 3. The third kappa shape index (κ3) is 4.32. The first kappa shape index (κ1) is 17.5. The van der Waals surface area contributed by atoms with Gasteiger partial charge in [0.15, 0.2) is 0 Å². The number of hydrogen-bond acceptors (Lipinski definition) is 3. The first-order chi connectivity index (χ1) is 9.95. The predicted molar refractivity (Wildman–Crippen MR) is 86.8 cm³/mol. The summed E-state index contributed by atoms with van der Waals surface area (Å²) in [6.07, 6.45) is 4.82. The highest BCUT2D eigenvalue weighted by molar-refractivity contribution is 7.86. The summed E-state index contributed by atoms with van der Waals surface area (Å²) in [5.41, 5.74) is 0. The third-order valence-corrected chi connectivity index (χ3v) is 7.02. The largest absolute Gasteiger partial charge is 0.309 e. The molecule has 0 radical (unpaired) electrons. The van der Waals surface area contributed by atoms with E-state index < -0.39 is 10.2 Å². The van der Waals surface area contributed by atoms with E-state index >= 15 is 0 Å². The van der Waals surface area contributed by atoms with Crippen LogP contribution in [0.3, 0.4) is 0 Å². The lowest BCUT2D eigenvalue weighted by molar-refractivity contribution is 0.200. The first-order valence-corrected chi connectivity index (χ1v) is 9.86. The van der Waals surface area contributed by atoms with Gasteiger partial charge < -0.3 is 4.90 Å². The Bertz CT molecular complexity index is 422. The van der Waals surface area contributed by atoms with Gasteiger partial charge in [0.25, 0.3) is 10.2 Å². The summed E-state index contributed by atoms with van der Waals surface area (Å²) in [5, 5.41) is 0. The van der Waals surface area contributed by atoms with Gasteiger partial charge in [-0.1, -0.05) is 6.42 Å². The Kier molecular flexibility index (Phi) is 6.32. The van der Waals surface area contributed by atoms with Crippen molar-refractivity contribution in [3.8, 4) is 0 Å². The molecule has 0 spiro atoms. The topological polar surface area (TPSA) is 43.9 Å². The van der Waals surface area contributed by atoms with Gasteiger partial charge in [0.05, 0.1) is 0 Å². The SMILES string of the molecule is CN(C)CC1CCN(S(=O)(=O)N2CCCCC2CCl)CC1. The molecular formula is C14H28ClN3O2S. The van der Waals surface area contributed by atoms with Crippen LogP contribution in [0.15, 0.2) is 0 Å². The molecule has 124 valence electrons. The molecule has 0 N–H and O–H groups in total. The van der Waals surface area contributed by atoms with E-state index in [2.05, 4.69) is 19.0 Å². The van der Waals surface area contributed by atoms with Gasteiger partial charge in [-0.2, -0.15) is 17.0 Å². The second-order valence-corrected chi connectivity index (χ2v) is 8.72. The summed E-state index contributed by atoms with van der Waals surface area (Å²) < 4.78 is 29.0. The maximum atomic E-state index is 12.8. The van der Waals surface area contributed by atoms with E-state index in [1.807, 2.05) is 0 Å². The fraction of sp³-hybridized carbons (Fsp3) is 1.00. The van der Waals surface area contributed by atoms with Crippen molar-refractivity contribution in [1.82, 2.24) is 13.5 Å². The quantitative estimate of drug-likeness (QED) is 0.716. The minimum Gasteiger partial charge on any atom is -0.309 e. The summed E-state index contributed by atoms with van der Waals surface area (Å²) >= 11 is 5.97. The fourth-order valence-corrected chi connectivity index (χ4v) is 5.71. The van der Waals surface area contributed by atoms with Crippen LogP contribution in [0, 0.1) is 5.92 Å². The number of alkyl halides is 1. The van der Waals surface area contributed by atoms with Gasteiger partial charge in [0.2, 0.25) is 0 Å². The summed E-state index contributed by atoms with van der Waals surface area (Å²) in [6.45, 7) is 2.96. The van der Waals surface area contributed by atoms with E-state index in [-0.39, 0.29) is 6.04 Å². The van der Waals surface area contributed by atoms with Crippen LogP contribution in [-0.2, 0) is 10.2 Å². The zero-order valence-electron chi connectivity index (χ0n) is 13.2. The van der Waals surface area contributed by atoms with Crippen molar-refractivity contribution in [2.45, 2.75) is 38.1 Å². The normalized spacial score (nSPS) is 27.3. The summed E-state index contributed by atoms with van der Waals surface area (Å²) in [5.74, 6) is 1.01. The Morgan fingerprint density at radius 1 is 1.10 bits per heavy atom. The summed E-state index contributed by atoms with van der Waals surface area (Å²) in [6, 6.07) is -0.0232. The van der Waals surface area contributed by atoms with Crippen LogP contribution in [0.2, 0.25) is 0 Å². The lowest BCUT2D eigenvalue weighted by Crippen LogP contribution is -2.53. The molecule has 2 heterocycles. The number of piperidine rings is 2. The van der Waals surface area contributed by atoms with Crippen LogP contribution in [0.5, 0.6) is 0 Å². The highest BCUT2D eigenvalue weighted by Crippen LogP contribution is 2.27. The molecule has 1 unspecified atom stereocenters. The monoisotopic (exact) mass is 337 g/mol. The molecule has 0 aliphatic carbocycles. The van der Waals surface area contributed by atoms with Gasteiger partial charge in [0.1, 0.15) is 0 Å². The van der Waals surface area contributed by atoms with Crippen LogP contribution in [0.4, 0.5) is 0 Å². The maximum Gasteiger partial charge on any atom is 0.282 e. The number of rotatable bonds is 5. The van der Waals surface area contributed by atoms with E-state index in [9.17, 15) is 8.42 Å². The molecule has 0 aromatic carbocycles. The van der Waals surface area contributed by atoms with E-state index in [1.54, 1.807) is 8.61 Å². The van der Waals surface area contributed by atoms with E-state index in [0.717, 1.165) is 38.6 Å². The number of hydrogen-bond donors (Lipinski definition) is 0. The fourth-order valence-electron chi connectivity index (χ4n) is 3.42. The minimum absolute atomic E-state index is 0.0232. The van der Waals surface area contributed by atoms with Crippen molar-refractivity contribution in [1.29, 1.82) is 0 Å². The molecule has 2 saturated heterocycles. The van der Waals surface area contributed by atoms with Gasteiger partial charge in [-0.05, 0) is 45.7 Å². The molecule has 1 atom stereocenters. The van der Waals surface area contributed by atoms with Gasteiger partial charge in [-0.15, -0.1) is 11.6 Å². The second kappa shape index (κ2) is 7.59. The molecule has 0 amide bonds. The minimum atomic E-state index is -3.33. The van der Waals surface area contributed by atoms with Gasteiger partial charge >= 0.3 is 0 Å². The van der Waals surface area contributed by atoms with Crippen LogP contribution in [-0.4, -0.2) is 74.1 Å². The molecule has 0 aromatic rings. The highest BCUT2D eigenvalue weighted by atomic mass is 35.5. The molecule has 2 aliphatic heterocycles. The molecule has 2 aliphatic rings. The standard InChI is InChI=1S/C14H28ClN3O2S/c1-16(2)12-13-6-9-17(10-7-13)21(19,20)18-8-4-3-5-14(18)11-15/h13-14H,3-12H2,1-2H3. The molecule has 0 saturated carbocycles. The maximum absolute atomic E-state index is 12.8. The van der Waals surface area contributed by atoms with Crippen molar-refractivity contribution in [3.05, 3.63) is 0 Å². The predicted octanol–water partition coefficient (Wildman–Crippen LogP) is 1.60. The molecule has 5 nitrogen and oxygen atoms in total. The average molecular weight is 338 g/mol. The van der Waals surface area contributed by atoms with E-state index in [4.69, 9.17) is 11.6 Å². The number of halogens is 1. The Balaban J connectivity index is 1.97. The van der Waals surface area contributed by atoms with Crippen molar-refractivity contribution in [2.75, 3.05) is 46.2 Å². The molecule has 0 aromatic heterocycles. The van der Waals surface area contributed by atoms with Crippen molar-refractivity contribution < 1.29 is 8.42 Å². The molecule has 2 rings (SSSR count). The Labute approximate surface area is 134 Å². The van der Waals surface area contributed by atoms with Crippen molar-refractivity contribution in [2.24, 2.45) is 5.92 Å². The van der Waals surface area contributed by atoms with Crippen molar-refractivity contribution >= 4 is 21.8 Å². The van der Waals surface area contributed by atoms with Gasteiger partial charge in [-0.3, -0.25) is 0 Å². The molecule has 2 fully saturated rings. The lowest BCUT2D eigenvalue weighted by atomic mass is 9.98. The van der Waals surface area contributed by atoms with Crippen LogP contribution in [0.1, 0.15) is 32.1 Å². The van der Waals surface area contributed by atoms with Crippen LogP contribution in [0.25, 0.3) is 0 Å². The zero-order chi connectivity index (χ0) is 15.5. The Morgan fingerprint density at radius 2 is 1.76 bits per heavy atom. The second-order valence-electron chi connectivity index (χ2n) is 6.53. The van der Waals surface area contributed by atoms with Gasteiger partial charge in [-0.25, -0.2) is 0 Å². The lowest BCUT2D eigenvalue weighted by Gasteiger charge is -2.39. The van der Waals surface area contributed by atoms with Crippen LogP contribution < -0.4 is 0 Å².